The smallest absolute Gasteiger partial charge is 0.258 e. The molecule has 0 fully saturated rings. The summed E-state index contributed by atoms with van der Waals surface area (Å²) in [5.41, 5.74) is 3.33. The average molecular weight is 397 g/mol. The highest BCUT2D eigenvalue weighted by Gasteiger charge is 2.12. The first-order valence-corrected chi connectivity index (χ1v) is 9.32. The largest absolute Gasteiger partial charge is 0.322 e. The van der Waals surface area contributed by atoms with E-state index in [9.17, 15) is 9.59 Å². The van der Waals surface area contributed by atoms with E-state index in [2.05, 4.69) is 20.7 Å². The molecule has 2 aromatic carbocycles. The predicted octanol–water partition coefficient (Wildman–Crippen LogP) is 3.99. The van der Waals surface area contributed by atoms with Gasteiger partial charge in [0.25, 0.3) is 11.8 Å². The number of carbonyl (C=O) groups excluding carboxylic acids is 2. The van der Waals surface area contributed by atoms with E-state index >= 15 is 0 Å². The molecule has 2 heterocycles. The molecule has 148 valence electrons. The second-order valence-corrected chi connectivity index (χ2v) is 6.63. The van der Waals surface area contributed by atoms with E-state index in [1.54, 1.807) is 48.3 Å². The average Bonchev–Trinajstić information content (AvgIpc) is 3.15. The van der Waals surface area contributed by atoms with Gasteiger partial charge in [0.1, 0.15) is 5.82 Å². The van der Waals surface area contributed by atoms with E-state index in [1.165, 1.54) is 6.20 Å². The van der Waals surface area contributed by atoms with Crippen LogP contribution in [0.2, 0.25) is 0 Å². The van der Waals surface area contributed by atoms with Crippen molar-refractivity contribution in [1.29, 1.82) is 0 Å². The number of nitrogens with zero attached hydrogens (tertiary/aromatic N) is 3. The van der Waals surface area contributed by atoms with Crippen LogP contribution in [-0.4, -0.2) is 26.6 Å². The number of aryl methyl sites for hydroxylation is 1. The Balaban J connectivity index is 1.46. The Morgan fingerprint density at radius 2 is 1.53 bits per heavy atom. The van der Waals surface area contributed by atoms with Gasteiger partial charge in [-0.2, -0.15) is 5.10 Å². The molecule has 0 radical (unpaired) electrons. The minimum absolute atomic E-state index is 0.165. The number of carbonyl (C=O) groups is 2. The number of nitrogens with one attached hydrogen (secondary N) is 2. The number of pyridine rings is 1. The molecule has 0 aliphatic heterocycles. The van der Waals surface area contributed by atoms with Crippen LogP contribution in [0.1, 0.15) is 20.7 Å². The molecule has 0 aliphatic carbocycles. The number of rotatable bonds is 5. The normalized spacial score (nSPS) is 10.4. The summed E-state index contributed by atoms with van der Waals surface area (Å²) in [4.78, 5) is 28.6. The zero-order chi connectivity index (χ0) is 20.9. The summed E-state index contributed by atoms with van der Waals surface area (Å²) in [5, 5.41) is 10.2. The lowest BCUT2D eigenvalue weighted by atomic mass is 10.1. The Bertz CT molecular complexity index is 1170. The lowest BCUT2D eigenvalue weighted by Gasteiger charge is -2.05. The third kappa shape index (κ3) is 4.25. The van der Waals surface area contributed by atoms with Gasteiger partial charge >= 0.3 is 0 Å². The fourth-order valence-corrected chi connectivity index (χ4v) is 2.93. The maximum absolute atomic E-state index is 12.3. The van der Waals surface area contributed by atoms with Crippen LogP contribution in [-0.2, 0) is 7.05 Å². The van der Waals surface area contributed by atoms with Gasteiger partial charge in [-0.3, -0.25) is 19.3 Å². The number of benzene rings is 2. The van der Waals surface area contributed by atoms with Crippen LogP contribution >= 0.6 is 0 Å². The van der Waals surface area contributed by atoms with Gasteiger partial charge in [0.05, 0.1) is 11.3 Å². The zero-order valence-electron chi connectivity index (χ0n) is 16.2. The molecule has 0 unspecified atom stereocenters. The molecular formula is C23H19N5O2. The molecule has 30 heavy (non-hydrogen) atoms. The van der Waals surface area contributed by atoms with Crippen LogP contribution in [0.4, 0.5) is 11.5 Å². The van der Waals surface area contributed by atoms with Crippen LogP contribution in [0.15, 0.2) is 85.2 Å². The molecule has 4 rings (SSSR count). The zero-order valence-corrected chi connectivity index (χ0v) is 16.2. The van der Waals surface area contributed by atoms with Crippen LogP contribution in [0.5, 0.6) is 0 Å². The first-order valence-electron chi connectivity index (χ1n) is 9.32. The third-order valence-electron chi connectivity index (χ3n) is 4.52. The Hall–Kier alpha value is -4.26. The summed E-state index contributed by atoms with van der Waals surface area (Å²) in [7, 11) is 1.76. The topological polar surface area (TPSA) is 88.9 Å². The van der Waals surface area contributed by atoms with E-state index in [0.29, 0.717) is 28.3 Å². The number of anilines is 2. The van der Waals surface area contributed by atoms with E-state index in [4.69, 9.17) is 0 Å². The van der Waals surface area contributed by atoms with Gasteiger partial charge in [0.2, 0.25) is 0 Å². The Morgan fingerprint density at radius 3 is 2.23 bits per heavy atom. The highest BCUT2D eigenvalue weighted by molar-refractivity contribution is 6.04. The SMILES string of the molecule is Cn1nc(-c2ccc(NC(=O)c3ccccc3)cc2)cc1NC(=O)c1cccnc1. The second-order valence-electron chi connectivity index (χ2n) is 6.63. The molecule has 4 aromatic rings. The third-order valence-corrected chi connectivity index (χ3v) is 4.52. The van der Waals surface area contributed by atoms with Crippen molar-refractivity contribution in [3.05, 3.63) is 96.3 Å². The molecule has 2 amide bonds. The fourth-order valence-electron chi connectivity index (χ4n) is 2.93. The van der Waals surface area contributed by atoms with Gasteiger partial charge in [-0.05, 0) is 36.4 Å². The molecule has 0 saturated heterocycles. The van der Waals surface area contributed by atoms with Crippen LogP contribution in [0.25, 0.3) is 11.3 Å². The first kappa shape index (κ1) is 19.1. The highest BCUT2D eigenvalue weighted by atomic mass is 16.2. The van der Waals surface area contributed by atoms with Gasteiger partial charge in [0.15, 0.2) is 0 Å². The van der Waals surface area contributed by atoms with Gasteiger partial charge in [-0.1, -0.05) is 30.3 Å². The van der Waals surface area contributed by atoms with E-state index in [-0.39, 0.29) is 11.8 Å². The number of aromatic nitrogens is 3. The Kier molecular flexibility index (Phi) is 5.34. The highest BCUT2D eigenvalue weighted by Crippen LogP contribution is 2.23. The van der Waals surface area contributed by atoms with Crippen molar-refractivity contribution >= 4 is 23.3 Å². The molecule has 7 nitrogen and oxygen atoms in total. The predicted molar refractivity (Wildman–Crippen MR) is 115 cm³/mol. The van der Waals surface area contributed by atoms with Crippen molar-refractivity contribution in [2.24, 2.45) is 7.05 Å². The van der Waals surface area contributed by atoms with Crippen LogP contribution in [0, 0.1) is 0 Å². The number of amides is 2. The number of hydrogen-bond donors (Lipinski definition) is 2. The molecule has 0 spiro atoms. The first-order chi connectivity index (χ1) is 14.6. The molecule has 2 aromatic heterocycles. The van der Waals surface area contributed by atoms with E-state index in [0.717, 1.165) is 5.56 Å². The van der Waals surface area contributed by atoms with Gasteiger partial charge < -0.3 is 10.6 Å². The van der Waals surface area contributed by atoms with Crippen molar-refractivity contribution < 1.29 is 9.59 Å². The van der Waals surface area contributed by atoms with E-state index in [1.807, 2.05) is 42.5 Å². The van der Waals surface area contributed by atoms with Crippen molar-refractivity contribution in [3.63, 3.8) is 0 Å². The van der Waals surface area contributed by atoms with Gasteiger partial charge in [-0.25, -0.2) is 0 Å². The Morgan fingerprint density at radius 1 is 0.833 bits per heavy atom. The fraction of sp³-hybridized carbons (Fsp3) is 0.0435. The maximum atomic E-state index is 12.3. The van der Waals surface area contributed by atoms with Crippen molar-refractivity contribution in [3.8, 4) is 11.3 Å². The van der Waals surface area contributed by atoms with Crippen LogP contribution < -0.4 is 10.6 Å². The summed E-state index contributed by atoms with van der Waals surface area (Å²) in [6.45, 7) is 0. The molecule has 0 aliphatic rings. The maximum Gasteiger partial charge on any atom is 0.258 e. The monoisotopic (exact) mass is 397 g/mol. The summed E-state index contributed by atoms with van der Waals surface area (Å²) in [5.74, 6) is 0.151. The van der Waals surface area contributed by atoms with Crippen molar-refractivity contribution in [1.82, 2.24) is 14.8 Å². The van der Waals surface area contributed by atoms with Gasteiger partial charge in [-0.15, -0.1) is 0 Å². The number of hydrogen-bond acceptors (Lipinski definition) is 4. The standard InChI is InChI=1S/C23H19N5O2/c1-28-21(26-23(30)18-8-5-13-24-15-18)14-20(27-28)16-9-11-19(12-10-16)25-22(29)17-6-3-2-4-7-17/h2-15H,1H3,(H,25,29)(H,26,30). The molecular weight excluding hydrogens is 378 g/mol. The Labute approximate surface area is 173 Å². The van der Waals surface area contributed by atoms with Crippen molar-refractivity contribution in [2.45, 2.75) is 0 Å². The van der Waals surface area contributed by atoms with Gasteiger partial charge in [0, 0.05) is 42.3 Å². The lowest BCUT2D eigenvalue weighted by molar-refractivity contribution is 0.101. The van der Waals surface area contributed by atoms with Crippen molar-refractivity contribution in [2.75, 3.05) is 10.6 Å². The van der Waals surface area contributed by atoms with Crippen LogP contribution in [0.3, 0.4) is 0 Å². The summed E-state index contributed by atoms with van der Waals surface area (Å²) >= 11 is 0. The second kappa shape index (κ2) is 8.40. The molecule has 0 atom stereocenters. The summed E-state index contributed by atoms with van der Waals surface area (Å²) in [6, 6.07) is 21.6. The molecule has 0 saturated carbocycles. The summed E-state index contributed by atoms with van der Waals surface area (Å²) in [6.07, 6.45) is 3.12. The van der Waals surface area contributed by atoms with E-state index < -0.39 is 0 Å². The minimum atomic E-state index is -0.253. The minimum Gasteiger partial charge on any atom is -0.322 e. The summed E-state index contributed by atoms with van der Waals surface area (Å²) < 4.78 is 1.61. The quantitative estimate of drug-likeness (QED) is 0.533. The lowest BCUT2D eigenvalue weighted by Crippen LogP contribution is -2.14. The molecule has 2 N–H and O–H groups in total. The molecule has 7 heteroatoms. The molecule has 0 bridgehead atoms.